The second-order valence-electron chi connectivity index (χ2n) is 10.7. The molecule has 2 aliphatic rings. The van der Waals surface area contributed by atoms with Crippen molar-refractivity contribution in [1.82, 2.24) is 0 Å². The maximum absolute atomic E-state index is 13.7. The van der Waals surface area contributed by atoms with Gasteiger partial charge in [-0.05, 0) is 0 Å². The number of allylic oxidation sites excluding steroid dienone is 8. The van der Waals surface area contributed by atoms with Crippen molar-refractivity contribution in [2.75, 3.05) is 0 Å². The van der Waals surface area contributed by atoms with E-state index >= 15 is 0 Å². The van der Waals surface area contributed by atoms with Crippen LogP contribution >= 0.6 is 0 Å². The molecule has 2 aromatic rings. The SMILES string of the molecule is CC1=C[C](C)([Zr]([O]c2cccc(C(F)(F)F)c2)([O]c2cccc(C(F)(F)F)c2)[C]2(C)C=C(C)C=C2C)C(C)=C1. The van der Waals surface area contributed by atoms with Crippen molar-refractivity contribution in [2.45, 2.75) is 60.1 Å². The number of hydrogen-bond acceptors (Lipinski definition) is 2. The summed E-state index contributed by atoms with van der Waals surface area (Å²) in [7, 11) is 0. The Kier molecular flexibility index (Phi) is 7.42. The monoisotopic (exact) mass is 626 g/mol. The Balaban J connectivity index is 2.03. The van der Waals surface area contributed by atoms with E-state index < -0.39 is 50.9 Å². The molecule has 2 aliphatic carbocycles. The van der Waals surface area contributed by atoms with Crippen LogP contribution in [0.1, 0.15) is 52.7 Å². The normalized spacial score (nSPS) is 23.7. The first-order chi connectivity index (χ1) is 17.9. The fraction of sp³-hybridized carbons (Fsp3) is 0.333. The van der Waals surface area contributed by atoms with Crippen molar-refractivity contribution in [3.63, 3.8) is 0 Å². The van der Waals surface area contributed by atoms with Gasteiger partial charge in [-0.1, -0.05) is 0 Å². The number of hydrogen-bond donors (Lipinski definition) is 0. The van der Waals surface area contributed by atoms with Crippen LogP contribution in [0.2, 0.25) is 6.25 Å². The van der Waals surface area contributed by atoms with Gasteiger partial charge in [0.05, 0.1) is 0 Å². The van der Waals surface area contributed by atoms with E-state index in [1.54, 1.807) is 0 Å². The molecule has 4 rings (SSSR count). The molecule has 2 nitrogen and oxygen atoms in total. The molecule has 0 aliphatic heterocycles. The first-order valence-corrected chi connectivity index (χ1v) is 16.9. The van der Waals surface area contributed by atoms with Crippen LogP contribution in [0.25, 0.3) is 0 Å². The first kappa shape index (κ1) is 29.4. The van der Waals surface area contributed by atoms with E-state index in [0.29, 0.717) is 0 Å². The molecule has 9 heteroatoms. The molecule has 2 aromatic carbocycles. The summed E-state index contributed by atoms with van der Waals surface area (Å²) in [6.07, 6.45) is -1.31. The van der Waals surface area contributed by atoms with Crippen LogP contribution in [-0.2, 0) is 33.5 Å². The Labute approximate surface area is 230 Å². The van der Waals surface area contributed by atoms with Gasteiger partial charge < -0.3 is 0 Å². The fourth-order valence-electron chi connectivity index (χ4n) is 5.70. The topological polar surface area (TPSA) is 18.5 Å². The van der Waals surface area contributed by atoms with Crippen molar-refractivity contribution in [1.29, 1.82) is 0 Å². The Hall–Kier alpha value is -2.54. The van der Waals surface area contributed by atoms with Crippen LogP contribution < -0.4 is 5.63 Å². The van der Waals surface area contributed by atoms with E-state index in [-0.39, 0.29) is 11.5 Å². The molecule has 0 saturated carbocycles. The average molecular weight is 628 g/mol. The predicted octanol–water partition coefficient (Wildman–Crippen LogP) is 10.3. The van der Waals surface area contributed by atoms with Gasteiger partial charge in [-0.15, -0.1) is 0 Å². The third-order valence-corrected chi connectivity index (χ3v) is 19.7. The summed E-state index contributed by atoms with van der Waals surface area (Å²) in [4.78, 5) is 0. The Morgan fingerprint density at radius 3 is 1.26 bits per heavy atom. The van der Waals surface area contributed by atoms with Gasteiger partial charge >= 0.3 is 231 Å². The van der Waals surface area contributed by atoms with Crippen molar-refractivity contribution >= 4 is 0 Å². The molecule has 0 heterocycles. The Bertz CT molecular complexity index is 1310. The van der Waals surface area contributed by atoms with Gasteiger partial charge in [0.1, 0.15) is 0 Å². The average Bonchev–Trinajstić information content (AvgIpc) is 3.25. The minimum atomic E-state index is -5.19. The second-order valence-corrected chi connectivity index (χ2v) is 19.8. The molecule has 208 valence electrons. The number of halogens is 6. The van der Waals surface area contributed by atoms with E-state index in [4.69, 9.17) is 5.63 Å². The van der Waals surface area contributed by atoms with Crippen LogP contribution in [0.15, 0.2) is 95.1 Å². The molecule has 0 radical (unpaired) electrons. The Morgan fingerprint density at radius 1 is 0.615 bits per heavy atom. The predicted molar refractivity (Wildman–Crippen MR) is 136 cm³/mol. The van der Waals surface area contributed by atoms with Gasteiger partial charge in [0.25, 0.3) is 0 Å². The Morgan fingerprint density at radius 2 is 0.974 bits per heavy atom. The quantitative estimate of drug-likeness (QED) is 0.297. The number of benzene rings is 2. The van der Waals surface area contributed by atoms with Crippen LogP contribution in [0.4, 0.5) is 26.3 Å². The zero-order valence-corrected chi connectivity index (χ0v) is 25.0. The van der Waals surface area contributed by atoms with Gasteiger partial charge in [0.15, 0.2) is 0 Å². The van der Waals surface area contributed by atoms with Gasteiger partial charge in [-0.2, -0.15) is 0 Å². The van der Waals surface area contributed by atoms with Crippen molar-refractivity contribution in [3.8, 4) is 11.5 Å². The maximum atomic E-state index is 13.7. The molecule has 0 saturated heterocycles. The molecular weight excluding hydrogens is 598 g/mol. The molecule has 2 unspecified atom stereocenters. The molecule has 0 bridgehead atoms. The van der Waals surface area contributed by atoms with E-state index in [9.17, 15) is 26.3 Å². The molecule has 0 fully saturated rings. The summed E-state index contributed by atoms with van der Waals surface area (Å²) in [5.41, 5.74) is 1.82. The number of rotatable bonds is 6. The van der Waals surface area contributed by atoms with E-state index in [1.807, 2.05) is 65.8 Å². The van der Waals surface area contributed by atoms with Crippen LogP contribution in [0.3, 0.4) is 0 Å². The van der Waals surface area contributed by atoms with E-state index in [1.165, 1.54) is 24.3 Å². The zero-order valence-electron chi connectivity index (χ0n) is 22.5. The molecule has 0 amide bonds. The molecule has 0 N–H and O–H groups in total. The first-order valence-electron chi connectivity index (χ1n) is 12.4. The van der Waals surface area contributed by atoms with E-state index in [0.717, 1.165) is 46.6 Å². The van der Waals surface area contributed by atoms with Crippen molar-refractivity contribution in [3.05, 3.63) is 106 Å². The van der Waals surface area contributed by atoms with Gasteiger partial charge in [-0.25, -0.2) is 0 Å². The molecule has 39 heavy (non-hydrogen) atoms. The van der Waals surface area contributed by atoms with E-state index in [2.05, 4.69) is 0 Å². The molecule has 0 aromatic heterocycles. The summed E-state index contributed by atoms with van der Waals surface area (Å²) >= 11 is -5.19. The summed E-state index contributed by atoms with van der Waals surface area (Å²) in [6, 6.07) is 9.19. The van der Waals surface area contributed by atoms with Crippen LogP contribution in [0, 0.1) is 0 Å². The van der Waals surface area contributed by atoms with Crippen LogP contribution in [-0.4, -0.2) is 0 Å². The van der Waals surface area contributed by atoms with Gasteiger partial charge in [-0.3, -0.25) is 0 Å². The second kappa shape index (κ2) is 9.83. The van der Waals surface area contributed by atoms with Crippen LogP contribution in [0.5, 0.6) is 11.5 Å². The van der Waals surface area contributed by atoms with Crippen molar-refractivity contribution in [2.24, 2.45) is 0 Å². The van der Waals surface area contributed by atoms with Crippen molar-refractivity contribution < 1.29 is 53.1 Å². The van der Waals surface area contributed by atoms with Gasteiger partial charge in [0.2, 0.25) is 0 Å². The summed E-state index contributed by atoms with van der Waals surface area (Å²) < 4.78 is 93.9. The third-order valence-electron chi connectivity index (χ3n) is 7.77. The third kappa shape index (κ3) is 5.19. The summed E-state index contributed by atoms with van der Waals surface area (Å²) in [6.45, 7) is 11.5. The summed E-state index contributed by atoms with van der Waals surface area (Å²) in [5, 5.41) is 0. The minimum absolute atomic E-state index is 0.0356. The molecule has 0 spiro atoms. The summed E-state index contributed by atoms with van der Waals surface area (Å²) in [5.74, 6) is -0.0712. The molecular formula is C30H30F6O2Zr. The fourth-order valence-corrected chi connectivity index (χ4v) is 17.8. The zero-order chi connectivity index (χ0) is 29.0. The van der Waals surface area contributed by atoms with Gasteiger partial charge in [0, 0.05) is 0 Å². The standard InChI is InChI=1S/2C8H11.2C7H5F3O.Zr/c2*1-6-4-7(2)8(3)5-6;2*8-7(9,10)5-2-1-3-6(11)4-5;/h2*4-5H,1-3H3;2*1-4,11H;/q;;;;+2/p-2. The number of alkyl halides is 6. The molecule has 2 atom stereocenters.